The van der Waals surface area contributed by atoms with Crippen molar-refractivity contribution in [1.29, 1.82) is 0 Å². The Bertz CT molecular complexity index is 952. The van der Waals surface area contributed by atoms with E-state index in [9.17, 15) is 4.79 Å². The van der Waals surface area contributed by atoms with Gasteiger partial charge in [0.25, 0.3) is 0 Å². The number of methoxy groups -OCH3 is 1. The molecule has 0 spiro atoms. The van der Waals surface area contributed by atoms with Crippen LogP contribution in [0.25, 0.3) is 5.69 Å². The number of nitrogens with zero attached hydrogens (tertiary/aromatic N) is 4. The van der Waals surface area contributed by atoms with Crippen molar-refractivity contribution in [2.24, 2.45) is 0 Å². The molecule has 3 aromatic rings. The molecule has 1 fully saturated rings. The molecule has 0 bridgehead atoms. The van der Waals surface area contributed by atoms with Crippen molar-refractivity contribution >= 4 is 23.4 Å². The van der Waals surface area contributed by atoms with Gasteiger partial charge in [-0.2, -0.15) is 0 Å². The van der Waals surface area contributed by atoms with Crippen LogP contribution in [-0.4, -0.2) is 39.6 Å². The molecule has 0 aliphatic heterocycles. The minimum Gasteiger partial charge on any atom is -0.497 e. The van der Waals surface area contributed by atoms with Crippen LogP contribution in [0.2, 0.25) is 0 Å². The van der Waals surface area contributed by atoms with Gasteiger partial charge in [-0.3, -0.25) is 9.36 Å². The van der Waals surface area contributed by atoms with Gasteiger partial charge in [0.05, 0.1) is 12.9 Å². The highest BCUT2D eigenvalue weighted by molar-refractivity contribution is 7.99. The second-order valence-electron chi connectivity index (χ2n) is 6.68. The van der Waals surface area contributed by atoms with Gasteiger partial charge in [-0.15, -0.1) is 10.2 Å². The zero-order valence-corrected chi connectivity index (χ0v) is 16.7. The average molecular weight is 395 g/mol. The Morgan fingerprint density at radius 1 is 1.14 bits per heavy atom. The highest BCUT2D eigenvalue weighted by Gasteiger charge is 2.33. The van der Waals surface area contributed by atoms with Crippen LogP contribution >= 0.6 is 11.8 Å². The van der Waals surface area contributed by atoms with Crippen LogP contribution in [-0.2, 0) is 4.79 Å². The van der Waals surface area contributed by atoms with Crippen molar-refractivity contribution in [3.63, 3.8) is 0 Å². The number of carbonyl (C=O) groups is 1. The molecule has 0 saturated heterocycles. The van der Waals surface area contributed by atoms with Crippen LogP contribution in [0.1, 0.15) is 18.7 Å². The van der Waals surface area contributed by atoms with Crippen molar-refractivity contribution in [1.82, 2.24) is 14.8 Å². The molecule has 0 radical (unpaired) electrons. The third-order valence-electron chi connectivity index (χ3n) is 4.67. The summed E-state index contributed by atoms with van der Waals surface area (Å²) in [6.45, 7) is 1.91. The minimum atomic E-state index is 0.0978. The number of carbonyl (C=O) groups excluding carboxylic acids is 1. The van der Waals surface area contributed by atoms with E-state index in [1.807, 2.05) is 71.0 Å². The summed E-state index contributed by atoms with van der Waals surface area (Å²) in [5.74, 6) is 1.99. The Labute approximate surface area is 168 Å². The van der Waals surface area contributed by atoms with Gasteiger partial charge in [0, 0.05) is 17.4 Å². The standard InChI is InChI=1S/C21H22N4O2S/c1-15-22-23-21(24(15)17-10-12-19(27-2)13-11-17)28-14-20(26)25(18-8-9-18)16-6-4-3-5-7-16/h3-7,10-13,18H,8-9,14H2,1-2H3. The van der Waals surface area contributed by atoms with Gasteiger partial charge in [0.15, 0.2) is 5.16 Å². The molecule has 7 heteroatoms. The Kier molecular flexibility index (Phi) is 5.34. The van der Waals surface area contributed by atoms with Crippen molar-refractivity contribution in [3.8, 4) is 11.4 Å². The SMILES string of the molecule is COc1ccc(-n2c(C)nnc2SCC(=O)N(c2ccccc2)C2CC2)cc1. The molecule has 1 heterocycles. The molecule has 2 aromatic carbocycles. The van der Waals surface area contributed by atoms with E-state index in [1.54, 1.807) is 7.11 Å². The lowest BCUT2D eigenvalue weighted by atomic mass is 10.3. The summed E-state index contributed by atoms with van der Waals surface area (Å²) in [7, 11) is 1.64. The zero-order valence-electron chi connectivity index (χ0n) is 15.9. The van der Waals surface area contributed by atoms with Crippen LogP contribution in [0.15, 0.2) is 59.8 Å². The van der Waals surface area contributed by atoms with Gasteiger partial charge < -0.3 is 9.64 Å². The molecule has 0 atom stereocenters. The molecule has 6 nitrogen and oxygen atoms in total. The van der Waals surface area contributed by atoms with Gasteiger partial charge in [0.2, 0.25) is 5.91 Å². The summed E-state index contributed by atoms with van der Waals surface area (Å²) in [4.78, 5) is 14.9. The van der Waals surface area contributed by atoms with E-state index in [1.165, 1.54) is 11.8 Å². The number of thioether (sulfide) groups is 1. The Balaban J connectivity index is 1.51. The van der Waals surface area contributed by atoms with Gasteiger partial charge in [-0.25, -0.2) is 0 Å². The molecule has 0 unspecified atom stereocenters. The second-order valence-corrected chi connectivity index (χ2v) is 7.62. The number of anilines is 1. The van der Waals surface area contributed by atoms with E-state index in [-0.39, 0.29) is 5.91 Å². The maximum atomic E-state index is 13.0. The van der Waals surface area contributed by atoms with E-state index in [2.05, 4.69) is 10.2 Å². The molecule has 1 aromatic heterocycles. The fourth-order valence-corrected chi connectivity index (χ4v) is 4.00. The number of aromatic nitrogens is 3. The summed E-state index contributed by atoms with van der Waals surface area (Å²) in [5.41, 5.74) is 1.91. The van der Waals surface area contributed by atoms with E-state index in [0.717, 1.165) is 35.8 Å². The average Bonchev–Trinajstić information content (AvgIpc) is 3.49. The van der Waals surface area contributed by atoms with Gasteiger partial charge in [-0.1, -0.05) is 30.0 Å². The highest BCUT2D eigenvalue weighted by Crippen LogP contribution is 2.33. The fraction of sp³-hybridized carbons (Fsp3) is 0.286. The minimum absolute atomic E-state index is 0.0978. The van der Waals surface area contributed by atoms with Gasteiger partial charge in [0.1, 0.15) is 11.6 Å². The summed E-state index contributed by atoms with van der Waals surface area (Å²) < 4.78 is 7.19. The number of benzene rings is 2. The first-order valence-electron chi connectivity index (χ1n) is 9.23. The number of rotatable bonds is 7. The van der Waals surface area contributed by atoms with E-state index < -0.39 is 0 Å². The first kappa shape index (κ1) is 18.6. The Morgan fingerprint density at radius 3 is 2.50 bits per heavy atom. The quantitative estimate of drug-likeness (QED) is 0.569. The molecule has 28 heavy (non-hydrogen) atoms. The first-order chi connectivity index (χ1) is 13.7. The highest BCUT2D eigenvalue weighted by atomic mass is 32.2. The van der Waals surface area contributed by atoms with Gasteiger partial charge >= 0.3 is 0 Å². The van der Waals surface area contributed by atoms with Crippen LogP contribution in [0.4, 0.5) is 5.69 Å². The van der Waals surface area contributed by atoms with Crippen LogP contribution in [0, 0.1) is 6.92 Å². The molecule has 144 valence electrons. The summed E-state index contributed by atoms with van der Waals surface area (Å²) in [5, 5.41) is 9.18. The smallest absolute Gasteiger partial charge is 0.237 e. The lowest BCUT2D eigenvalue weighted by molar-refractivity contribution is -0.116. The van der Waals surface area contributed by atoms with Crippen LogP contribution in [0.3, 0.4) is 0 Å². The lowest BCUT2D eigenvalue weighted by Crippen LogP contribution is -2.34. The van der Waals surface area contributed by atoms with E-state index in [4.69, 9.17) is 4.74 Å². The number of hydrogen-bond acceptors (Lipinski definition) is 5. The van der Waals surface area contributed by atoms with E-state index >= 15 is 0 Å². The van der Waals surface area contributed by atoms with Crippen LogP contribution in [0.5, 0.6) is 5.75 Å². The molecular formula is C21H22N4O2S. The predicted molar refractivity (Wildman–Crippen MR) is 110 cm³/mol. The van der Waals surface area contributed by atoms with Crippen molar-refractivity contribution < 1.29 is 9.53 Å². The number of amides is 1. The lowest BCUT2D eigenvalue weighted by Gasteiger charge is -2.22. The van der Waals surface area contributed by atoms with Crippen molar-refractivity contribution in [2.75, 3.05) is 17.8 Å². The predicted octanol–water partition coefficient (Wildman–Crippen LogP) is 3.87. The monoisotopic (exact) mass is 394 g/mol. The van der Waals surface area contributed by atoms with Gasteiger partial charge in [-0.05, 0) is 56.2 Å². The second kappa shape index (κ2) is 8.06. The first-order valence-corrected chi connectivity index (χ1v) is 10.2. The number of para-hydroxylation sites is 1. The summed E-state index contributed by atoms with van der Waals surface area (Å²) >= 11 is 1.42. The molecule has 1 amide bonds. The molecular weight excluding hydrogens is 372 g/mol. The fourth-order valence-electron chi connectivity index (χ4n) is 3.14. The molecule has 1 aliphatic rings. The molecule has 4 rings (SSSR count). The molecule has 1 aliphatic carbocycles. The Hall–Kier alpha value is -2.80. The molecule has 0 N–H and O–H groups in total. The summed E-state index contributed by atoms with van der Waals surface area (Å²) in [6, 6.07) is 17.9. The zero-order chi connectivity index (χ0) is 19.5. The third-order valence-corrected chi connectivity index (χ3v) is 5.58. The number of aryl methyl sites for hydroxylation is 1. The number of ether oxygens (including phenoxy) is 1. The topological polar surface area (TPSA) is 60.2 Å². The van der Waals surface area contributed by atoms with E-state index in [0.29, 0.717) is 17.0 Å². The van der Waals surface area contributed by atoms with Crippen molar-refractivity contribution in [3.05, 3.63) is 60.4 Å². The largest absolute Gasteiger partial charge is 0.497 e. The van der Waals surface area contributed by atoms with Crippen molar-refractivity contribution in [2.45, 2.75) is 31.0 Å². The Morgan fingerprint density at radius 2 is 1.86 bits per heavy atom. The maximum Gasteiger partial charge on any atom is 0.237 e. The third kappa shape index (κ3) is 3.89. The number of hydrogen-bond donors (Lipinski definition) is 0. The van der Waals surface area contributed by atoms with Crippen LogP contribution < -0.4 is 9.64 Å². The normalized spacial score (nSPS) is 13.4. The maximum absolute atomic E-state index is 13.0. The molecule has 1 saturated carbocycles. The summed E-state index contributed by atoms with van der Waals surface area (Å²) in [6.07, 6.45) is 2.12.